The quantitative estimate of drug-likeness (QED) is 0.128. The Kier molecular flexibility index (Phi) is 17.4. The lowest BCUT2D eigenvalue weighted by Gasteiger charge is -2.51. The summed E-state index contributed by atoms with van der Waals surface area (Å²) in [6, 6.07) is -3.37. The molecule has 0 fully saturated rings. The number of quaternary nitrogens is 1. The molecule has 0 saturated heterocycles. The van der Waals surface area contributed by atoms with E-state index in [1.165, 1.54) is 32.1 Å². The summed E-state index contributed by atoms with van der Waals surface area (Å²) in [6.45, 7) is 7.30. The van der Waals surface area contributed by atoms with Crippen molar-refractivity contribution in [1.29, 1.82) is 0 Å². The van der Waals surface area contributed by atoms with Gasteiger partial charge in [-0.05, 0) is 32.6 Å². The SMILES string of the molecule is C/C=C/CCCCCCCCCCCC[N+](C(CC)C(=O)[O-])(C(CC)C(=O)O)C(CC)C(=O)O. The molecule has 0 aromatic rings. The molecule has 0 aromatic heterocycles. The van der Waals surface area contributed by atoms with Crippen molar-refractivity contribution in [2.45, 2.75) is 136 Å². The maximum absolute atomic E-state index is 12.2. The van der Waals surface area contributed by atoms with Crippen molar-refractivity contribution in [3.05, 3.63) is 12.2 Å². The van der Waals surface area contributed by atoms with Gasteiger partial charge < -0.3 is 20.1 Å². The largest absolute Gasteiger partial charge is 0.544 e. The third kappa shape index (κ3) is 10.2. The van der Waals surface area contributed by atoms with Gasteiger partial charge in [0.2, 0.25) is 0 Å². The number of carbonyl (C=O) groups excluding carboxylic acids is 1. The van der Waals surface area contributed by atoms with Crippen LogP contribution in [0.25, 0.3) is 0 Å². The first-order valence-electron chi connectivity index (χ1n) is 13.4. The van der Waals surface area contributed by atoms with Crippen LogP contribution in [-0.4, -0.2) is 57.3 Å². The van der Waals surface area contributed by atoms with Gasteiger partial charge in [0.25, 0.3) is 0 Å². The summed E-state index contributed by atoms with van der Waals surface area (Å²) in [5, 5.41) is 32.0. The molecule has 0 bridgehead atoms. The summed E-state index contributed by atoms with van der Waals surface area (Å²) in [5.74, 6) is -3.66. The maximum atomic E-state index is 12.2. The zero-order valence-electron chi connectivity index (χ0n) is 22.0. The predicted molar refractivity (Wildman–Crippen MR) is 133 cm³/mol. The molecule has 34 heavy (non-hydrogen) atoms. The monoisotopic (exact) mass is 483 g/mol. The fourth-order valence-electron chi connectivity index (χ4n) is 5.49. The number of rotatable bonds is 22. The maximum Gasteiger partial charge on any atom is 0.362 e. The molecule has 0 aromatic carbocycles. The van der Waals surface area contributed by atoms with Gasteiger partial charge in [-0.25, -0.2) is 9.59 Å². The van der Waals surface area contributed by atoms with Crippen molar-refractivity contribution in [3.63, 3.8) is 0 Å². The lowest BCUT2D eigenvalue weighted by molar-refractivity contribution is -0.974. The van der Waals surface area contributed by atoms with Gasteiger partial charge in [0.05, 0.1) is 12.5 Å². The van der Waals surface area contributed by atoms with Crippen LogP contribution in [0.1, 0.15) is 118 Å². The molecule has 0 rings (SSSR count). The van der Waals surface area contributed by atoms with Gasteiger partial charge in [0.1, 0.15) is 6.04 Å². The molecule has 0 aliphatic rings. The average Bonchev–Trinajstić information content (AvgIpc) is 2.77. The number of carbonyl (C=O) groups is 3. The molecule has 3 unspecified atom stereocenters. The van der Waals surface area contributed by atoms with Gasteiger partial charge in [-0.1, -0.05) is 77.9 Å². The van der Waals surface area contributed by atoms with Gasteiger partial charge in [0, 0.05) is 19.3 Å². The number of carboxylic acid groups (broad SMARTS) is 3. The molecule has 2 N–H and O–H groups in total. The Morgan fingerprint density at radius 3 is 1.41 bits per heavy atom. The Morgan fingerprint density at radius 1 is 0.706 bits per heavy atom. The summed E-state index contributed by atoms with van der Waals surface area (Å²) < 4.78 is -0.469. The molecule has 0 saturated carbocycles. The minimum absolute atomic E-state index is 0.130. The number of nitrogens with zero attached hydrogens (tertiary/aromatic N) is 1. The van der Waals surface area contributed by atoms with Crippen molar-refractivity contribution < 1.29 is 34.2 Å². The summed E-state index contributed by atoms with van der Waals surface area (Å²) in [6.07, 6.45) is 16.8. The fourth-order valence-corrected chi connectivity index (χ4v) is 5.49. The van der Waals surface area contributed by atoms with Crippen LogP contribution in [-0.2, 0) is 14.4 Å². The van der Waals surface area contributed by atoms with E-state index in [1.54, 1.807) is 20.8 Å². The van der Waals surface area contributed by atoms with Crippen molar-refractivity contribution in [3.8, 4) is 0 Å². The van der Waals surface area contributed by atoms with Crippen LogP contribution in [0.4, 0.5) is 0 Å². The highest BCUT2D eigenvalue weighted by Gasteiger charge is 2.53. The van der Waals surface area contributed by atoms with Gasteiger partial charge in [-0.3, -0.25) is 4.48 Å². The topological polar surface area (TPSA) is 115 Å². The second-order valence-corrected chi connectivity index (χ2v) is 9.38. The highest BCUT2D eigenvalue weighted by Crippen LogP contribution is 2.32. The minimum atomic E-state index is -1.37. The molecular formula is C27H49NO6. The zero-order valence-corrected chi connectivity index (χ0v) is 22.0. The fraction of sp³-hybridized carbons (Fsp3) is 0.815. The number of carboxylic acids is 3. The normalized spacial score (nSPS) is 16.1. The van der Waals surface area contributed by atoms with E-state index < -0.39 is 40.5 Å². The highest BCUT2D eigenvalue weighted by molar-refractivity contribution is 5.77. The second kappa shape index (κ2) is 18.4. The van der Waals surface area contributed by atoms with E-state index in [1.807, 2.05) is 6.92 Å². The molecule has 0 heterocycles. The van der Waals surface area contributed by atoms with Gasteiger partial charge in [-0.15, -0.1) is 0 Å². The molecule has 0 aliphatic carbocycles. The number of unbranched alkanes of at least 4 members (excludes halogenated alkanes) is 10. The van der Waals surface area contributed by atoms with E-state index in [9.17, 15) is 29.7 Å². The Bertz CT molecular complexity index is 563. The Labute approximate surface area is 206 Å². The van der Waals surface area contributed by atoms with Crippen LogP contribution < -0.4 is 5.11 Å². The Hall–Kier alpha value is -1.89. The molecule has 0 aliphatic heterocycles. The molecule has 3 atom stereocenters. The number of hydrogen-bond acceptors (Lipinski definition) is 4. The second-order valence-electron chi connectivity index (χ2n) is 9.38. The van der Waals surface area contributed by atoms with Crippen LogP contribution in [0.15, 0.2) is 12.2 Å². The van der Waals surface area contributed by atoms with Crippen molar-refractivity contribution in [2.75, 3.05) is 6.54 Å². The first-order chi connectivity index (χ1) is 16.2. The van der Waals surface area contributed by atoms with E-state index in [0.29, 0.717) is 6.42 Å². The third-order valence-corrected chi connectivity index (χ3v) is 7.15. The van der Waals surface area contributed by atoms with Crippen molar-refractivity contribution in [2.24, 2.45) is 0 Å². The van der Waals surface area contributed by atoms with Crippen LogP contribution in [0.3, 0.4) is 0 Å². The van der Waals surface area contributed by atoms with Gasteiger partial charge in [0.15, 0.2) is 12.1 Å². The van der Waals surface area contributed by atoms with E-state index in [4.69, 9.17) is 0 Å². The lowest BCUT2D eigenvalue weighted by atomic mass is 9.93. The first-order valence-corrected chi connectivity index (χ1v) is 13.4. The number of aliphatic carboxylic acids is 3. The summed E-state index contributed by atoms with van der Waals surface area (Å²) in [5.41, 5.74) is 0. The smallest absolute Gasteiger partial charge is 0.362 e. The molecule has 7 nitrogen and oxygen atoms in total. The van der Waals surface area contributed by atoms with Crippen molar-refractivity contribution >= 4 is 17.9 Å². The van der Waals surface area contributed by atoms with Gasteiger partial charge >= 0.3 is 11.9 Å². The number of hydrogen-bond donors (Lipinski definition) is 2. The van der Waals surface area contributed by atoms with Crippen molar-refractivity contribution in [1.82, 2.24) is 0 Å². The van der Waals surface area contributed by atoms with Crippen LogP contribution >= 0.6 is 0 Å². The molecule has 7 heteroatoms. The Balaban J connectivity index is 5.04. The molecular weight excluding hydrogens is 434 g/mol. The summed E-state index contributed by atoms with van der Waals surface area (Å²) in [4.78, 5) is 36.4. The zero-order chi connectivity index (χ0) is 26.0. The Morgan fingerprint density at radius 2 is 1.09 bits per heavy atom. The van der Waals surface area contributed by atoms with E-state index in [-0.39, 0.29) is 25.8 Å². The minimum Gasteiger partial charge on any atom is -0.544 e. The average molecular weight is 484 g/mol. The first kappa shape index (κ1) is 32.1. The standard InChI is InChI=1S/C27H49NO6/c1-5-9-10-11-12-13-14-15-16-17-18-19-20-21-28(22(6-2)25(29)30,23(7-3)26(31)32)24(8-4)27(33)34/h5,9,22-24H,6-8,10-21H2,1-4H3,(H2-,29,30,31,32,33,34)/b9-5+. The highest BCUT2D eigenvalue weighted by atomic mass is 16.4. The van der Waals surface area contributed by atoms with Crippen LogP contribution in [0, 0.1) is 0 Å². The molecule has 198 valence electrons. The summed E-state index contributed by atoms with van der Waals surface area (Å²) in [7, 11) is 0. The van der Waals surface area contributed by atoms with Gasteiger partial charge in [-0.2, -0.15) is 0 Å². The predicted octanol–water partition coefficient (Wildman–Crippen LogP) is 4.93. The molecule has 0 radical (unpaired) electrons. The van der Waals surface area contributed by atoms with E-state index in [2.05, 4.69) is 12.2 Å². The van der Waals surface area contributed by atoms with E-state index >= 15 is 0 Å². The van der Waals surface area contributed by atoms with Crippen LogP contribution in [0.2, 0.25) is 0 Å². The number of allylic oxidation sites excluding steroid dienone is 2. The molecule has 0 amide bonds. The third-order valence-electron chi connectivity index (χ3n) is 7.15. The lowest BCUT2D eigenvalue weighted by Crippen LogP contribution is -2.73. The van der Waals surface area contributed by atoms with Crippen LogP contribution in [0.5, 0.6) is 0 Å². The summed E-state index contributed by atoms with van der Waals surface area (Å²) >= 11 is 0. The molecule has 0 spiro atoms. The van der Waals surface area contributed by atoms with E-state index in [0.717, 1.165) is 32.1 Å².